The molecule has 0 aliphatic carbocycles. The van der Waals surface area contributed by atoms with Gasteiger partial charge in [-0.25, -0.2) is 9.97 Å². The first-order valence-corrected chi connectivity index (χ1v) is 6.74. The van der Waals surface area contributed by atoms with Crippen LogP contribution in [0.1, 0.15) is 57.5 Å². The summed E-state index contributed by atoms with van der Waals surface area (Å²) in [6, 6.07) is 1.89. The van der Waals surface area contributed by atoms with Crippen molar-refractivity contribution in [3.05, 3.63) is 17.6 Å². The fraction of sp³-hybridized carbons (Fsp3) is 0.714. The lowest BCUT2D eigenvalue weighted by Crippen LogP contribution is -2.21. The van der Waals surface area contributed by atoms with E-state index in [1.54, 1.807) is 0 Å². The van der Waals surface area contributed by atoms with Crippen LogP contribution in [0.4, 0.5) is 5.82 Å². The maximum atomic E-state index is 5.93. The number of hydrogen-bond donors (Lipinski definition) is 1. The lowest BCUT2D eigenvalue weighted by atomic mass is 9.87. The van der Waals surface area contributed by atoms with E-state index in [0.717, 1.165) is 24.4 Å². The summed E-state index contributed by atoms with van der Waals surface area (Å²) in [7, 11) is 0. The lowest BCUT2D eigenvalue weighted by molar-refractivity contribution is 0.0998. The molecule has 0 aromatic carbocycles. The normalized spacial score (nSPS) is 30.9. The minimum atomic E-state index is 0.00425. The Morgan fingerprint density at radius 2 is 2.06 bits per heavy atom. The predicted molar refractivity (Wildman–Crippen MR) is 70.4 cm³/mol. The Morgan fingerprint density at radius 3 is 2.61 bits per heavy atom. The van der Waals surface area contributed by atoms with E-state index in [4.69, 9.17) is 15.5 Å². The van der Waals surface area contributed by atoms with Crippen LogP contribution < -0.4 is 5.73 Å². The van der Waals surface area contributed by atoms with Crippen molar-refractivity contribution in [3.63, 3.8) is 0 Å². The van der Waals surface area contributed by atoms with Crippen molar-refractivity contribution in [1.29, 1.82) is 0 Å². The standard InChI is InChI=1S/C14H21N3O/c1-14(2,3)11-7-12(15)17-13(16-11)9-6-8-4-5-10(9)18-8/h7-10H,4-6H2,1-3H3,(H2,15,16,17). The topological polar surface area (TPSA) is 61.0 Å². The molecule has 4 heteroatoms. The minimum Gasteiger partial charge on any atom is -0.384 e. The molecular formula is C14H21N3O. The van der Waals surface area contributed by atoms with Gasteiger partial charge in [-0.1, -0.05) is 20.8 Å². The van der Waals surface area contributed by atoms with Crippen LogP contribution >= 0.6 is 0 Å². The van der Waals surface area contributed by atoms with E-state index in [1.165, 1.54) is 6.42 Å². The van der Waals surface area contributed by atoms with E-state index in [2.05, 4.69) is 25.8 Å². The summed E-state index contributed by atoms with van der Waals surface area (Å²) in [6.45, 7) is 6.45. The average Bonchev–Trinajstić information content (AvgIpc) is 2.88. The van der Waals surface area contributed by atoms with Crippen molar-refractivity contribution in [3.8, 4) is 0 Å². The summed E-state index contributed by atoms with van der Waals surface area (Å²) >= 11 is 0. The number of nitrogen functional groups attached to an aromatic ring is 1. The molecule has 2 fully saturated rings. The molecular weight excluding hydrogens is 226 g/mol. The molecule has 0 radical (unpaired) electrons. The molecule has 2 bridgehead atoms. The monoisotopic (exact) mass is 247 g/mol. The molecule has 1 aromatic rings. The zero-order valence-corrected chi connectivity index (χ0v) is 11.3. The highest BCUT2D eigenvalue weighted by molar-refractivity contribution is 5.33. The van der Waals surface area contributed by atoms with Crippen LogP contribution in [0.25, 0.3) is 0 Å². The second kappa shape index (κ2) is 3.92. The first-order valence-electron chi connectivity index (χ1n) is 6.74. The third-order valence-corrected chi connectivity index (χ3v) is 3.97. The highest BCUT2D eigenvalue weighted by Crippen LogP contribution is 2.43. The molecule has 0 amide bonds. The van der Waals surface area contributed by atoms with Crippen LogP contribution in [-0.2, 0) is 10.2 Å². The summed E-state index contributed by atoms with van der Waals surface area (Å²) < 4.78 is 5.88. The maximum Gasteiger partial charge on any atom is 0.136 e. The third kappa shape index (κ3) is 1.99. The van der Waals surface area contributed by atoms with E-state index in [9.17, 15) is 0 Å². The fourth-order valence-corrected chi connectivity index (χ4v) is 2.94. The summed E-state index contributed by atoms with van der Waals surface area (Å²) in [5.74, 6) is 1.80. The molecule has 1 aromatic heterocycles. The van der Waals surface area contributed by atoms with Gasteiger partial charge >= 0.3 is 0 Å². The smallest absolute Gasteiger partial charge is 0.136 e. The SMILES string of the molecule is CC(C)(C)c1cc(N)nc(C2CC3CCC2O3)n1. The molecule has 2 aliphatic rings. The average molecular weight is 247 g/mol. The summed E-state index contributed by atoms with van der Waals surface area (Å²) in [6.07, 6.45) is 4.11. The van der Waals surface area contributed by atoms with E-state index in [-0.39, 0.29) is 5.41 Å². The van der Waals surface area contributed by atoms with Crippen molar-refractivity contribution in [2.45, 2.75) is 63.6 Å². The zero-order valence-electron chi connectivity index (χ0n) is 11.3. The quantitative estimate of drug-likeness (QED) is 0.827. The molecule has 2 N–H and O–H groups in total. The number of nitrogens with zero attached hydrogens (tertiary/aromatic N) is 2. The molecule has 2 saturated heterocycles. The summed E-state index contributed by atoms with van der Waals surface area (Å²) in [4.78, 5) is 9.17. The molecule has 0 saturated carbocycles. The summed E-state index contributed by atoms with van der Waals surface area (Å²) in [5, 5.41) is 0. The maximum absolute atomic E-state index is 5.93. The van der Waals surface area contributed by atoms with Crippen molar-refractivity contribution in [2.75, 3.05) is 5.73 Å². The van der Waals surface area contributed by atoms with Gasteiger partial charge in [0, 0.05) is 17.4 Å². The Balaban J connectivity index is 1.95. The highest BCUT2D eigenvalue weighted by Gasteiger charge is 2.43. The van der Waals surface area contributed by atoms with Gasteiger partial charge in [0.25, 0.3) is 0 Å². The number of nitrogens with two attached hydrogens (primary N) is 1. The molecule has 3 atom stereocenters. The molecule has 3 heterocycles. The van der Waals surface area contributed by atoms with Crippen molar-refractivity contribution >= 4 is 5.82 Å². The number of ether oxygens (including phenoxy) is 1. The van der Waals surface area contributed by atoms with Gasteiger partial charge in [-0.05, 0) is 19.3 Å². The van der Waals surface area contributed by atoms with Gasteiger partial charge in [0.2, 0.25) is 0 Å². The van der Waals surface area contributed by atoms with Crippen molar-refractivity contribution in [2.24, 2.45) is 0 Å². The van der Waals surface area contributed by atoms with E-state index in [1.807, 2.05) is 6.07 Å². The van der Waals surface area contributed by atoms with Gasteiger partial charge in [-0.3, -0.25) is 0 Å². The van der Waals surface area contributed by atoms with E-state index < -0.39 is 0 Å². The van der Waals surface area contributed by atoms with Crippen LogP contribution in [0.2, 0.25) is 0 Å². The zero-order chi connectivity index (χ0) is 12.9. The van der Waals surface area contributed by atoms with Crippen LogP contribution in [0, 0.1) is 0 Å². The van der Waals surface area contributed by atoms with Gasteiger partial charge in [-0.15, -0.1) is 0 Å². The predicted octanol–water partition coefficient (Wildman–Crippen LogP) is 2.39. The van der Waals surface area contributed by atoms with Gasteiger partial charge in [0.05, 0.1) is 17.9 Å². The molecule has 3 unspecified atom stereocenters. The van der Waals surface area contributed by atoms with Crippen LogP contribution in [0.3, 0.4) is 0 Å². The second-order valence-corrected chi connectivity index (χ2v) is 6.50. The summed E-state index contributed by atoms with van der Waals surface area (Å²) in [5.41, 5.74) is 6.96. The van der Waals surface area contributed by atoms with Gasteiger partial charge < -0.3 is 10.5 Å². The van der Waals surface area contributed by atoms with E-state index >= 15 is 0 Å². The van der Waals surface area contributed by atoms with Crippen LogP contribution in [0.5, 0.6) is 0 Å². The molecule has 0 spiro atoms. The Labute approximate surface area is 108 Å². The molecule has 3 rings (SSSR count). The van der Waals surface area contributed by atoms with Gasteiger partial charge in [0.1, 0.15) is 11.6 Å². The largest absolute Gasteiger partial charge is 0.384 e. The van der Waals surface area contributed by atoms with Crippen molar-refractivity contribution in [1.82, 2.24) is 9.97 Å². The van der Waals surface area contributed by atoms with Gasteiger partial charge in [0.15, 0.2) is 0 Å². The Bertz CT molecular complexity index is 467. The lowest BCUT2D eigenvalue weighted by Gasteiger charge is -2.22. The number of fused-ring (bicyclic) bond motifs is 2. The molecule has 18 heavy (non-hydrogen) atoms. The number of hydrogen-bond acceptors (Lipinski definition) is 4. The number of aromatic nitrogens is 2. The highest BCUT2D eigenvalue weighted by atomic mass is 16.5. The molecule has 2 aliphatic heterocycles. The first-order chi connectivity index (χ1) is 8.43. The molecule has 98 valence electrons. The van der Waals surface area contributed by atoms with Crippen LogP contribution in [0.15, 0.2) is 6.07 Å². The number of rotatable bonds is 1. The van der Waals surface area contributed by atoms with Crippen LogP contribution in [-0.4, -0.2) is 22.2 Å². The number of anilines is 1. The van der Waals surface area contributed by atoms with Gasteiger partial charge in [-0.2, -0.15) is 0 Å². The fourth-order valence-electron chi connectivity index (χ4n) is 2.94. The Hall–Kier alpha value is -1.16. The third-order valence-electron chi connectivity index (χ3n) is 3.97. The Morgan fingerprint density at radius 1 is 1.28 bits per heavy atom. The minimum absolute atomic E-state index is 0.00425. The Kier molecular flexibility index (Phi) is 2.59. The second-order valence-electron chi connectivity index (χ2n) is 6.50. The molecule has 4 nitrogen and oxygen atoms in total. The van der Waals surface area contributed by atoms with Crippen molar-refractivity contribution < 1.29 is 4.74 Å². The van der Waals surface area contributed by atoms with E-state index in [0.29, 0.717) is 23.9 Å². The first kappa shape index (κ1) is 11.9.